The van der Waals surface area contributed by atoms with Crippen LogP contribution in [0.15, 0.2) is 30.7 Å². The third-order valence-corrected chi connectivity index (χ3v) is 4.49. The Hall–Kier alpha value is -2.38. The summed E-state index contributed by atoms with van der Waals surface area (Å²) in [4.78, 5) is 16.7. The van der Waals surface area contributed by atoms with Crippen LogP contribution in [0.3, 0.4) is 0 Å². The Morgan fingerprint density at radius 3 is 2.20 bits per heavy atom. The molecule has 0 aromatic carbocycles. The molecule has 1 saturated heterocycles. The van der Waals surface area contributed by atoms with Crippen molar-refractivity contribution in [2.75, 3.05) is 29.9 Å². The van der Waals surface area contributed by atoms with Crippen LogP contribution in [0.4, 0.5) is 24.9 Å². The van der Waals surface area contributed by atoms with Crippen molar-refractivity contribution < 1.29 is 13.2 Å². The molecule has 0 radical (unpaired) electrons. The van der Waals surface area contributed by atoms with E-state index in [9.17, 15) is 13.2 Å². The van der Waals surface area contributed by atoms with Crippen molar-refractivity contribution in [2.24, 2.45) is 0 Å². The Kier molecular flexibility index (Phi) is 4.78. The highest BCUT2D eigenvalue weighted by molar-refractivity contribution is 5.41. The van der Waals surface area contributed by atoms with Crippen molar-refractivity contribution >= 4 is 11.8 Å². The first-order valence-electron chi connectivity index (χ1n) is 8.14. The first-order valence-corrected chi connectivity index (χ1v) is 8.14. The molecule has 2 aromatic rings. The molecule has 3 heterocycles. The van der Waals surface area contributed by atoms with Crippen molar-refractivity contribution in [3.05, 3.63) is 41.9 Å². The maximum absolute atomic E-state index is 12.6. The average molecular weight is 351 g/mol. The van der Waals surface area contributed by atoms with Gasteiger partial charge in [0.05, 0.1) is 5.56 Å². The van der Waals surface area contributed by atoms with E-state index in [4.69, 9.17) is 0 Å². The van der Waals surface area contributed by atoms with Crippen LogP contribution in [-0.4, -0.2) is 41.1 Å². The number of hydrogen-bond donors (Lipinski definition) is 0. The number of piperidine rings is 1. The molecule has 25 heavy (non-hydrogen) atoms. The second-order valence-electron chi connectivity index (χ2n) is 6.29. The molecule has 0 bridgehead atoms. The molecule has 0 atom stereocenters. The zero-order valence-electron chi connectivity index (χ0n) is 14.2. The number of hydrogen-bond acceptors (Lipinski definition) is 5. The second-order valence-corrected chi connectivity index (χ2v) is 6.29. The second kappa shape index (κ2) is 6.85. The van der Waals surface area contributed by atoms with Gasteiger partial charge >= 0.3 is 6.18 Å². The van der Waals surface area contributed by atoms with Crippen LogP contribution in [0, 0.1) is 6.92 Å². The van der Waals surface area contributed by atoms with Crippen LogP contribution < -0.4 is 9.80 Å². The van der Waals surface area contributed by atoms with Gasteiger partial charge in [0.1, 0.15) is 5.82 Å². The lowest BCUT2D eigenvalue weighted by Gasteiger charge is -2.37. The van der Waals surface area contributed by atoms with Gasteiger partial charge in [-0.1, -0.05) is 0 Å². The molecule has 1 aliphatic rings. The molecule has 5 nitrogen and oxygen atoms in total. The fourth-order valence-corrected chi connectivity index (χ4v) is 2.95. The first-order chi connectivity index (χ1) is 11.8. The Morgan fingerprint density at radius 1 is 1.04 bits per heavy atom. The first kappa shape index (κ1) is 17.4. The van der Waals surface area contributed by atoms with Gasteiger partial charge in [-0.05, 0) is 37.5 Å². The number of aryl methyl sites for hydroxylation is 1. The van der Waals surface area contributed by atoms with Crippen molar-refractivity contribution in [3.63, 3.8) is 0 Å². The van der Waals surface area contributed by atoms with Gasteiger partial charge in [0, 0.05) is 44.8 Å². The standard InChI is InChI=1S/C17H20F3N5/c1-12-9-22-16(23-10-12)24(2)14-5-7-25(8-6-14)15-4-3-13(11-21-15)17(18,19)20/h3-4,9-11,14H,5-8H2,1-2H3. The molecule has 1 aliphatic heterocycles. The highest BCUT2D eigenvalue weighted by Gasteiger charge is 2.31. The van der Waals surface area contributed by atoms with Crippen LogP contribution in [0.1, 0.15) is 24.0 Å². The molecule has 0 spiro atoms. The van der Waals surface area contributed by atoms with E-state index in [1.165, 1.54) is 6.07 Å². The molecule has 0 saturated carbocycles. The summed E-state index contributed by atoms with van der Waals surface area (Å²) in [6.45, 7) is 3.41. The summed E-state index contributed by atoms with van der Waals surface area (Å²) in [6, 6.07) is 2.82. The minimum atomic E-state index is -4.35. The van der Waals surface area contributed by atoms with Gasteiger partial charge in [-0.15, -0.1) is 0 Å². The van der Waals surface area contributed by atoms with Crippen LogP contribution >= 0.6 is 0 Å². The van der Waals surface area contributed by atoms with Gasteiger partial charge in [0.15, 0.2) is 0 Å². The maximum Gasteiger partial charge on any atom is 0.417 e. The molecule has 0 aliphatic carbocycles. The third-order valence-electron chi connectivity index (χ3n) is 4.49. The van der Waals surface area contributed by atoms with Gasteiger partial charge in [0.2, 0.25) is 5.95 Å². The molecular formula is C17H20F3N5. The summed E-state index contributed by atoms with van der Waals surface area (Å²) in [5.41, 5.74) is 0.294. The number of anilines is 2. The quantitative estimate of drug-likeness (QED) is 0.849. The van der Waals surface area contributed by atoms with E-state index in [2.05, 4.69) is 19.9 Å². The number of rotatable bonds is 3. The smallest absolute Gasteiger partial charge is 0.356 e. The number of aromatic nitrogens is 3. The molecule has 0 unspecified atom stereocenters. The van der Waals surface area contributed by atoms with E-state index >= 15 is 0 Å². The van der Waals surface area contributed by atoms with Crippen LogP contribution in [0.25, 0.3) is 0 Å². The molecule has 3 rings (SSSR count). The van der Waals surface area contributed by atoms with Gasteiger partial charge in [-0.3, -0.25) is 0 Å². The number of pyridine rings is 1. The third kappa shape index (κ3) is 4.00. The van der Waals surface area contributed by atoms with Crippen molar-refractivity contribution in [3.8, 4) is 0 Å². The fourth-order valence-electron chi connectivity index (χ4n) is 2.95. The number of nitrogens with zero attached hydrogens (tertiary/aromatic N) is 5. The predicted octanol–water partition coefficient (Wildman–Crippen LogP) is 3.30. The van der Waals surface area contributed by atoms with Crippen molar-refractivity contribution in [1.82, 2.24) is 15.0 Å². The van der Waals surface area contributed by atoms with E-state index in [0.29, 0.717) is 17.8 Å². The normalized spacial score (nSPS) is 16.1. The molecule has 2 aromatic heterocycles. The highest BCUT2D eigenvalue weighted by Crippen LogP contribution is 2.30. The Morgan fingerprint density at radius 2 is 1.68 bits per heavy atom. The van der Waals surface area contributed by atoms with Gasteiger partial charge in [0.25, 0.3) is 0 Å². The molecule has 0 amide bonds. The Bertz CT molecular complexity index is 692. The monoisotopic (exact) mass is 351 g/mol. The van der Waals surface area contributed by atoms with E-state index in [-0.39, 0.29) is 0 Å². The predicted molar refractivity (Wildman–Crippen MR) is 89.6 cm³/mol. The maximum atomic E-state index is 12.6. The van der Waals surface area contributed by atoms with Crippen LogP contribution in [0.5, 0.6) is 0 Å². The number of halogens is 3. The van der Waals surface area contributed by atoms with Gasteiger partial charge in [-0.2, -0.15) is 13.2 Å². The zero-order valence-corrected chi connectivity index (χ0v) is 14.2. The lowest BCUT2D eigenvalue weighted by Crippen LogP contribution is -2.44. The Labute approximate surface area is 144 Å². The van der Waals surface area contributed by atoms with Crippen molar-refractivity contribution in [2.45, 2.75) is 32.0 Å². The van der Waals surface area contributed by atoms with Crippen molar-refractivity contribution in [1.29, 1.82) is 0 Å². The van der Waals surface area contributed by atoms with E-state index in [0.717, 1.165) is 43.8 Å². The molecule has 0 N–H and O–H groups in total. The van der Waals surface area contributed by atoms with Crippen LogP contribution in [-0.2, 0) is 6.18 Å². The van der Waals surface area contributed by atoms with E-state index < -0.39 is 11.7 Å². The largest absolute Gasteiger partial charge is 0.417 e. The van der Waals surface area contributed by atoms with E-state index in [1.54, 1.807) is 12.4 Å². The summed E-state index contributed by atoms with van der Waals surface area (Å²) in [5, 5.41) is 0. The lowest BCUT2D eigenvalue weighted by atomic mass is 10.0. The molecule has 1 fully saturated rings. The van der Waals surface area contributed by atoms with Gasteiger partial charge in [-0.25, -0.2) is 15.0 Å². The number of alkyl halides is 3. The van der Waals surface area contributed by atoms with E-state index in [1.807, 2.05) is 18.9 Å². The summed E-state index contributed by atoms with van der Waals surface area (Å²) in [5.74, 6) is 1.28. The lowest BCUT2D eigenvalue weighted by molar-refractivity contribution is -0.137. The molecule has 134 valence electrons. The highest BCUT2D eigenvalue weighted by atomic mass is 19.4. The SMILES string of the molecule is Cc1cnc(N(C)C2CCN(c3ccc(C(F)(F)F)cn3)CC2)nc1. The Balaban J connectivity index is 1.60. The molecular weight excluding hydrogens is 331 g/mol. The summed E-state index contributed by atoms with van der Waals surface area (Å²) in [6.07, 6.45) is 1.87. The van der Waals surface area contributed by atoms with Gasteiger partial charge < -0.3 is 9.80 Å². The summed E-state index contributed by atoms with van der Waals surface area (Å²) >= 11 is 0. The topological polar surface area (TPSA) is 45.2 Å². The summed E-state index contributed by atoms with van der Waals surface area (Å²) < 4.78 is 37.9. The molecule has 8 heteroatoms. The fraction of sp³-hybridized carbons (Fsp3) is 0.471. The minimum Gasteiger partial charge on any atom is -0.356 e. The average Bonchev–Trinajstić information content (AvgIpc) is 2.61. The summed E-state index contributed by atoms with van der Waals surface area (Å²) in [7, 11) is 1.97. The minimum absolute atomic E-state index is 0.299. The van der Waals surface area contributed by atoms with Crippen LogP contribution in [0.2, 0.25) is 0 Å². The zero-order chi connectivity index (χ0) is 18.0.